The Morgan fingerprint density at radius 2 is 1.92 bits per heavy atom. The van der Waals surface area contributed by atoms with Crippen LogP contribution in [0.3, 0.4) is 0 Å². The van der Waals surface area contributed by atoms with Crippen molar-refractivity contribution in [1.82, 2.24) is 5.32 Å². The van der Waals surface area contributed by atoms with Crippen LogP contribution in [-0.2, 0) is 11.2 Å². The van der Waals surface area contributed by atoms with Gasteiger partial charge in [-0.1, -0.05) is 36.4 Å². The van der Waals surface area contributed by atoms with Gasteiger partial charge in [0.05, 0.1) is 18.3 Å². The molecule has 0 fully saturated rings. The number of benzene rings is 2. The van der Waals surface area contributed by atoms with Gasteiger partial charge in [-0.25, -0.2) is 0 Å². The molecule has 2 aromatic carbocycles. The summed E-state index contributed by atoms with van der Waals surface area (Å²) in [6.45, 7) is -2.92. The van der Waals surface area contributed by atoms with Gasteiger partial charge in [0.2, 0.25) is 5.91 Å². The Morgan fingerprint density at radius 1 is 1.16 bits per heavy atom. The molecular weight excluding hydrogens is 326 g/mol. The highest BCUT2D eigenvalue weighted by molar-refractivity contribution is 5.81. The maximum Gasteiger partial charge on any atom is 0.387 e. The molecule has 132 valence electrons. The number of anilines is 1. The molecular formula is C19H20F2N2O2. The molecule has 0 spiro atoms. The van der Waals surface area contributed by atoms with Crippen molar-refractivity contribution in [3.63, 3.8) is 0 Å². The number of alkyl halides is 2. The molecule has 1 aliphatic carbocycles. The average molecular weight is 346 g/mol. The van der Waals surface area contributed by atoms with Crippen molar-refractivity contribution in [3.8, 4) is 5.75 Å². The van der Waals surface area contributed by atoms with Crippen molar-refractivity contribution in [2.75, 3.05) is 11.9 Å². The van der Waals surface area contributed by atoms with Gasteiger partial charge < -0.3 is 15.4 Å². The van der Waals surface area contributed by atoms with E-state index in [9.17, 15) is 13.6 Å². The molecule has 0 aliphatic heterocycles. The predicted octanol–water partition coefficient (Wildman–Crippen LogP) is 3.89. The molecule has 25 heavy (non-hydrogen) atoms. The largest absolute Gasteiger partial charge is 0.433 e. The summed E-state index contributed by atoms with van der Waals surface area (Å²) in [7, 11) is 0. The number of aryl methyl sites for hydroxylation is 1. The van der Waals surface area contributed by atoms with Crippen LogP contribution in [-0.4, -0.2) is 19.1 Å². The fraction of sp³-hybridized carbons (Fsp3) is 0.316. The maximum atomic E-state index is 12.4. The summed E-state index contributed by atoms with van der Waals surface area (Å²) in [6, 6.07) is 14.4. The van der Waals surface area contributed by atoms with E-state index < -0.39 is 6.61 Å². The van der Waals surface area contributed by atoms with Crippen molar-refractivity contribution in [1.29, 1.82) is 0 Å². The number of fused-ring (bicyclic) bond motifs is 1. The van der Waals surface area contributed by atoms with Gasteiger partial charge in [0.1, 0.15) is 5.75 Å². The minimum atomic E-state index is -2.91. The van der Waals surface area contributed by atoms with Gasteiger partial charge in [-0.3, -0.25) is 4.79 Å². The minimum Gasteiger partial charge on any atom is -0.433 e. The molecule has 0 radical (unpaired) electrons. The Labute approximate surface area is 145 Å². The lowest BCUT2D eigenvalue weighted by Gasteiger charge is -2.26. The predicted molar refractivity (Wildman–Crippen MR) is 91.8 cm³/mol. The molecule has 2 aromatic rings. The molecule has 1 amide bonds. The van der Waals surface area contributed by atoms with Crippen molar-refractivity contribution < 1.29 is 18.3 Å². The van der Waals surface area contributed by atoms with E-state index in [0.29, 0.717) is 5.69 Å². The summed E-state index contributed by atoms with van der Waals surface area (Å²) in [6.07, 6.45) is 2.95. The fourth-order valence-corrected chi connectivity index (χ4v) is 3.14. The molecule has 0 bridgehead atoms. The fourth-order valence-electron chi connectivity index (χ4n) is 3.14. The number of para-hydroxylation sites is 2. The Kier molecular flexibility index (Phi) is 5.48. The first-order valence-corrected chi connectivity index (χ1v) is 8.28. The van der Waals surface area contributed by atoms with Gasteiger partial charge in [-0.15, -0.1) is 0 Å². The average Bonchev–Trinajstić information content (AvgIpc) is 2.61. The number of halogens is 2. The molecule has 1 aliphatic rings. The van der Waals surface area contributed by atoms with Crippen LogP contribution in [0.25, 0.3) is 0 Å². The summed E-state index contributed by atoms with van der Waals surface area (Å²) in [5, 5.41) is 5.88. The summed E-state index contributed by atoms with van der Waals surface area (Å²) < 4.78 is 29.3. The van der Waals surface area contributed by atoms with E-state index in [1.165, 1.54) is 11.6 Å². The third-order valence-corrected chi connectivity index (χ3v) is 4.25. The highest BCUT2D eigenvalue weighted by Gasteiger charge is 2.21. The van der Waals surface area contributed by atoms with Crippen LogP contribution in [0.1, 0.15) is 30.0 Å². The van der Waals surface area contributed by atoms with Crippen LogP contribution >= 0.6 is 0 Å². The highest BCUT2D eigenvalue weighted by atomic mass is 19.3. The van der Waals surface area contributed by atoms with Crippen LogP contribution in [0.5, 0.6) is 5.75 Å². The molecule has 1 atom stereocenters. The SMILES string of the molecule is O=C(CNc1ccccc1OC(F)F)NC1CCCc2ccccc21. The first-order valence-electron chi connectivity index (χ1n) is 8.28. The minimum absolute atomic E-state index is 0.00759. The smallest absolute Gasteiger partial charge is 0.387 e. The van der Waals surface area contributed by atoms with Crippen LogP contribution in [0.15, 0.2) is 48.5 Å². The molecule has 2 N–H and O–H groups in total. The molecule has 0 saturated carbocycles. The second kappa shape index (κ2) is 7.96. The number of nitrogens with one attached hydrogen (secondary N) is 2. The molecule has 4 nitrogen and oxygen atoms in total. The summed E-state index contributed by atoms with van der Waals surface area (Å²) in [4.78, 5) is 12.3. The van der Waals surface area contributed by atoms with Gasteiger partial charge in [-0.05, 0) is 42.5 Å². The Morgan fingerprint density at radius 3 is 2.76 bits per heavy atom. The zero-order valence-electron chi connectivity index (χ0n) is 13.7. The van der Waals surface area contributed by atoms with Gasteiger partial charge in [0.15, 0.2) is 0 Å². The lowest BCUT2D eigenvalue weighted by Crippen LogP contribution is -2.35. The number of carbonyl (C=O) groups excluding carboxylic acids is 1. The summed E-state index contributed by atoms with van der Waals surface area (Å²) in [5.41, 5.74) is 2.79. The standard InChI is InChI=1S/C19H20F2N2O2/c20-19(21)25-17-11-4-3-9-16(17)22-12-18(24)23-15-10-5-7-13-6-1-2-8-14(13)15/h1-4,6,8-9,11,15,19,22H,5,7,10,12H2,(H,23,24). The zero-order chi connectivity index (χ0) is 17.6. The third kappa shape index (κ3) is 4.47. The van der Waals surface area contributed by atoms with Crippen LogP contribution < -0.4 is 15.4 Å². The number of carbonyl (C=O) groups is 1. The topological polar surface area (TPSA) is 50.4 Å². The molecule has 3 rings (SSSR count). The van der Waals surface area contributed by atoms with E-state index in [2.05, 4.69) is 21.4 Å². The molecule has 0 saturated heterocycles. The van der Waals surface area contributed by atoms with E-state index in [1.54, 1.807) is 18.2 Å². The molecule has 0 aromatic heterocycles. The van der Waals surface area contributed by atoms with Gasteiger partial charge >= 0.3 is 6.61 Å². The lowest BCUT2D eigenvalue weighted by molar-refractivity contribution is -0.120. The van der Waals surface area contributed by atoms with Gasteiger partial charge in [0.25, 0.3) is 0 Å². The first-order chi connectivity index (χ1) is 12.1. The number of rotatable bonds is 6. The van der Waals surface area contributed by atoms with Crippen molar-refractivity contribution >= 4 is 11.6 Å². The number of hydrogen-bond acceptors (Lipinski definition) is 3. The van der Waals surface area contributed by atoms with E-state index in [0.717, 1.165) is 24.8 Å². The molecule has 1 unspecified atom stereocenters. The zero-order valence-corrected chi connectivity index (χ0v) is 13.7. The van der Waals surface area contributed by atoms with E-state index in [1.807, 2.05) is 18.2 Å². The van der Waals surface area contributed by atoms with Crippen LogP contribution in [0, 0.1) is 0 Å². The van der Waals surface area contributed by atoms with Crippen molar-refractivity contribution in [2.24, 2.45) is 0 Å². The number of ether oxygens (including phenoxy) is 1. The summed E-state index contributed by atoms with van der Waals surface area (Å²) >= 11 is 0. The second-order valence-electron chi connectivity index (χ2n) is 5.94. The Hall–Kier alpha value is -2.63. The van der Waals surface area contributed by atoms with Crippen LogP contribution in [0.2, 0.25) is 0 Å². The maximum absolute atomic E-state index is 12.4. The normalized spacial score (nSPS) is 16.2. The first kappa shape index (κ1) is 17.2. The Balaban J connectivity index is 1.60. The summed E-state index contributed by atoms with van der Waals surface area (Å²) in [5.74, 6) is -0.165. The molecule has 0 heterocycles. The van der Waals surface area contributed by atoms with Gasteiger partial charge in [0, 0.05) is 0 Å². The Bertz CT molecular complexity index is 737. The van der Waals surface area contributed by atoms with E-state index >= 15 is 0 Å². The molecule has 6 heteroatoms. The number of amides is 1. The lowest BCUT2D eigenvalue weighted by atomic mass is 9.88. The van der Waals surface area contributed by atoms with Crippen molar-refractivity contribution in [3.05, 3.63) is 59.7 Å². The quantitative estimate of drug-likeness (QED) is 0.834. The monoisotopic (exact) mass is 346 g/mol. The third-order valence-electron chi connectivity index (χ3n) is 4.25. The second-order valence-corrected chi connectivity index (χ2v) is 5.94. The van der Waals surface area contributed by atoms with Crippen molar-refractivity contribution in [2.45, 2.75) is 31.9 Å². The number of hydrogen-bond donors (Lipinski definition) is 2. The van der Waals surface area contributed by atoms with E-state index in [-0.39, 0.29) is 24.2 Å². The van der Waals surface area contributed by atoms with E-state index in [4.69, 9.17) is 0 Å². The van der Waals surface area contributed by atoms with Crippen LogP contribution in [0.4, 0.5) is 14.5 Å². The van der Waals surface area contributed by atoms with Gasteiger partial charge in [-0.2, -0.15) is 8.78 Å². The highest BCUT2D eigenvalue weighted by Crippen LogP contribution is 2.29.